The summed E-state index contributed by atoms with van der Waals surface area (Å²) in [5.74, 6) is 0.537. The molecule has 21 heavy (non-hydrogen) atoms. The van der Waals surface area contributed by atoms with Gasteiger partial charge in [-0.05, 0) is 31.4 Å². The molecule has 1 saturated carbocycles. The lowest BCUT2D eigenvalue weighted by atomic mass is 9.85. The van der Waals surface area contributed by atoms with Gasteiger partial charge in [0, 0.05) is 6.04 Å². The van der Waals surface area contributed by atoms with Crippen LogP contribution in [0.4, 0.5) is 0 Å². The van der Waals surface area contributed by atoms with Crippen molar-refractivity contribution in [3.63, 3.8) is 0 Å². The molecule has 0 spiro atoms. The molecule has 0 amide bonds. The molecule has 0 unspecified atom stereocenters. The number of carbonyl (C=O) groups is 1. The fourth-order valence-corrected chi connectivity index (χ4v) is 5.01. The molecule has 7 heteroatoms. The first kappa shape index (κ1) is 15.2. The molecule has 1 aromatic rings. The van der Waals surface area contributed by atoms with Crippen LogP contribution in [-0.4, -0.2) is 46.5 Å². The molecule has 3 rings (SSSR count). The molecule has 0 aromatic carbocycles. The Kier molecular flexibility index (Phi) is 4.81. The third-order valence-corrected chi connectivity index (χ3v) is 6.52. The molecule has 0 radical (unpaired) electrons. The quantitative estimate of drug-likeness (QED) is 0.626. The second kappa shape index (κ2) is 6.62. The molecule has 0 bridgehead atoms. The summed E-state index contributed by atoms with van der Waals surface area (Å²) in [4.78, 5) is 14.4. The molecule has 1 saturated heterocycles. The number of thioether (sulfide) groups is 1. The summed E-state index contributed by atoms with van der Waals surface area (Å²) in [5, 5.41) is 9.42. The molecule has 2 heterocycles. The van der Waals surface area contributed by atoms with E-state index in [1.54, 1.807) is 23.1 Å². The van der Waals surface area contributed by atoms with Gasteiger partial charge in [0.1, 0.15) is 11.0 Å². The number of esters is 1. The molecular formula is C14H21N3O2S2. The van der Waals surface area contributed by atoms with Crippen LogP contribution in [0.5, 0.6) is 0 Å². The zero-order chi connectivity index (χ0) is 14.8. The predicted octanol–water partition coefficient (Wildman–Crippen LogP) is 2.57. The molecule has 2 fully saturated rings. The van der Waals surface area contributed by atoms with Crippen molar-refractivity contribution in [2.45, 2.75) is 55.1 Å². The Balaban J connectivity index is 1.78. The minimum absolute atomic E-state index is 0.0981. The van der Waals surface area contributed by atoms with Crippen LogP contribution < -0.4 is 0 Å². The molecule has 3 atom stereocenters. The normalized spacial score (nSPS) is 29.3. The fourth-order valence-electron chi connectivity index (χ4n) is 3.69. The number of ether oxygens (including phenoxy) is 1. The third-order valence-electron chi connectivity index (χ3n) is 4.64. The highest BCUT2D eigenvalue weighted by molar-refractivity contribution is 8.00. The van der Waals surface area contributed by atoms with Gasteiger partial charge in [0.25, 0.3) is 0 Å². The van der Waals surface area contributed by atoms with Crippen LogP contribution in [0.1, 0.15) is 37.1 Å². The second-order valence-corrected chi connectivity index (χ2v) is 7.84. The zero-order valence-electron chi connectivity index (χ0n) is 12.4. The summed E-state index contributed by atoms with van der Waals surface area (Å²) < 4.78 is 6.00. The first-order valence-electron chi connectivity index (χ1n) is 7.43. The largest absolute Gasteiger partial charge is 0.468 e. The molecule has 1 aliphatic carbocycles. The highest BCUT2D eigenvalue weighted by Crippen LogP contribution is 2.41. The number of nitrogens with zero attached hydrogens (tertiary/aromatic N) is 3. The summed E-state index contributed by atoms with van der Waals surface area (Å²) in [6.45, 7) is 0.721. The van der Waals surface area contributed by atoms with Gasteiger partial charge >= 0.3 is 5.97 Å². The number of rotatable bonds is 4. The van der Waals surface area contributed by atoms with Gasteiger partial charge in [-0.25, -0.2) is 0 Å². The standard InChI is InChI=1S/C14H21N3O2S2/c1-19-13(18)11-7-9-5-3-4-6-10(9)17(11)8-12-15-16-14(20-2)21-12/h9-11H,3-8H2,1-2H3/t9-,10+,11+/m1/s1. The van der Waals surface area contributed by atoms with Gasteiger partial charge < -0.3 is 4.74 Å². The maximum absolute atomic E-state index is 12.1. The van der Waals surface area contributed by atoms with Crippen molar-refractivity contribution in [2.24, 2.45) is 5.92 Å². The SMILES string of the molecule is COC(=O)[C@@H]1C[C@H]2CCCC[C@@H]2N1Cc1nnc(SC)s1. The second-order valence-electron chi connectivity index (χ2n) is 5.72. The molecular weight excluding hydrogens is 306 g/mol. The van der Waals surface area contributed by atoms with E-state index in [2.05, 4.69) is 15.1 Å². The number of aromatic nitrogens is 2. The van der Waals surface area contributed by atoms with Crippen molar-refractivity contribution in [3.8, 4) is 0 Å². The van der Waals surface area contributed by atoms with Gasteiger partial charge in [-0.15, -0.1) is 10.2 Å². The summed E-state index contributed by atoms with van der Waals surface area (Å²) in [6.07, 6.45) is 7.92. The number of hydrogen-bond acceptors (Lipinski definition) is 7. The predicted molar refractivity (Wildman–Crippen MR) is 83.4 cm³/mol. The number of hydrogen-bond donors (Lipinski definition) is 0. The molecule has 2 aliphatic rings. The monoisotopic (exact) mass is 327 g/mol. The van der Waals surface area contributed by atoms with Gasteiger partial charge in [-0.2, -0.15) is 0 Å². The minimum Gasteiger partial charge on any atom is -0.468 e. The lowest BCUT2D eigenvalue weighted by Gasteiger charge is -2.32. The average Bonchev–Trinajstić information content (AvgIpc) is 3.12. The van der Waals surface area contributed by atoms with E-state index in [1.165, 1.54) is 32.8 Å². The maximum atomic E-state index is 12.1. The summed E-state index contributed by atoms with van der Waals surface area (Å²) in [6, 6.07) is 0.397. The van der Waals surface area contributed by atoms with E-state index >= 15 is 0 Å². The van der Waals surface area contributed by atoms with Crippen LogP contribution in [0.15, 0.2) is 4.34 Å². The Morgan fingerprint density at radius 2 is 2.24 bits per heavy atom. The third kappa shape index (κ3) is 3.10. The average molecular weight is 327 g/mol. The van der Waals surface area contributed by atoms with Gasteiger partial charge in [0.2, 0.25) is 0 Å². The lowest BCUT2D eigenvalue weighted by molar-refractivity contribution is -0.146. The van der Waals surface area contributed by atoms with Crippen LogP contribution in [0.3, 0.4) is 0 Å². The number of fused-ring (bicyclic) bond motifs is 1. The molecule has 116 valence electrons. The van der Waals surface area contributed by atoms with Crippen molar-refractivity contribution >= 4 is 29.1 Å². The van der Waals surface area contributed by atoms with Crippen LogP contribution in [0.2, 0.25) is 0 Å². The Morgan fingerprint density at radius 3 is 2.95 bits per heavy atom. The number of methoxy groups -OCH3 is 1. The highest BCUT2D eigenvalue weighted by atomic mass is 32.2. The Hall–Kier alpha value is -0.660. The zero-order valence-corrected chi connectivity index (χ0v) is 14.1. The fraction of sp³-hybridized carbons (Fsp3) is 0.786. The van der Waals surface area contributed by atoms with Crippen LogP contribution in [0, 0.1) is 5.92 Å². The van der Waals surface area contributed by atoms with Gasteiger partial charge in [-0.1, -0.05) is 35.9 Å². The van der Waals surface area contributed by atoms with Crippen molar-refractivity contribution in [1.82, 2.24) is 15.1 Å². The van der Waals surface area contributed by atoms with Crippen LogP contribution >= 0.6 is 23.1 Å². The Bertz CT molecular complexity index is 508. The van der Waals surface area contributed by atoms with Crippen molar-refractivity contribution in [2.75, 3.05) is 13.4 Å². The lowest BCUT2D eigenvalue weighted by Crippen LogP contribution is -2.42. The summed E-state index contributed by atoms with van der Waals surface area (Å²) in [7, 11) is 1.49. The summed E-state index contributed by atoms with van der Waals surface area (Å²) >= 11 is 3.24. The van der Waals surface area contributed by atoms with Crippen LogP contribution in [-0.2, 0) is 16.1 Å². The van der Waals surface area contributed by atoms with Gasteiger partial charge in [0.15, 0.2) is 4.34 Å². The molecule has 5 nitrogen and oxygen atoms in total. The number of likely N-dealkylation sites (tertiary alicyclic amines) is 1. The molecule has 0 N–H and O–H groups in total. The van der Waals surface area contributed by atoms with E-state index < -0.39 is 0 Å². The van der Waals surface area contributed by atoms with Crippen molar-refractivity contribution < 1.29 is 9.53 Å². The van der Waals surface area contributed by atoms with E-state index in [1.807, 2.05) is 6.26 Å². The molecule has 1 aromatic heterocycles. The smallest absolute Gasteiger partial charge is 0.323 e. The van der Waals surface area contributed by atoms with E-state index in [0.717, 1.165) is 22.3 Å². The van der Waals surface area contributed by atoms with E-state index in [-0.39, 0.29) is 12.0 Å². The summed E-state index contributed by atoms with van der Waals surface area (Å²) in [5.41, 5.74) is 0. The first-order chi connectivity index (χ1) is 10.2. The highest BCUT2D eigenvalue weighted by Gasteiger charge is 2.45. The first-order valence-corrected chi connectivity index (χ1v) is 9.47. The molecule has 1 aliphatic heterocycles. The van der Waals surface area contributed by atoms with E-state index in [0.29, 0.717) is 12.0 Å². The van der Waals surface area contributed by atoms with Gasteiger partial charge in [0.05, 0.1) is 13.7 Å². The Labute approximate surface area is 133 Å². The van der Waals surface area contributed by atoms with Crippen molar-refractivity contribution in [1.29, 1.82) is 0 Å². The van der Waals surface area contributed by atoms with E-state index in [9.17, 15) is 4.79 Å². The van der Waals surface area contributed by atoms with Crippen LogP contribution in [0.25, 0.3) is 0 Å². The van der Waals surface area contributed by atoms with E-state index in [4.69, 9.17) is 4.74 Å². The van der Waals surface area contributed by atoms with Gasteiger partial charge in [-0.3, -0.25) is 9.69 Å². The van der Waals surface area contributed by atoms with Crippen molar-refractivity contribution in [3.05, 3.63) is 5.01 Å². The minimum atomic E-state index is -0.107. The Morgan fingerprint density at radius 1 is 1.43 bits per heavy atom. The topological polar surface area (TPSA) is 55.3 Å². The number of carbonyl (C=O) groups excluding carboxylic acids is 1. The maximum Gasteiger partial charge on any atom is 0.323 e.